The monoisotopic (exact) mass is 340 g/mol. The highest BCUT2D eigenvalue weighted by molar-refractivity contribution is 6.31. The minimum atomic E-state index is 0.688. The maximum absolute atomic E-state index is 6.01. The summed E-state index contributed by atoms with van der Waals surface area (Å²) < 4.78 is 1.66. The van der Waals surface area contributed by atoms with Gasteiger partial charge in [-0.1, -0.05) is 47.5 Å². The molecule has 4 nitrogen and oxygen atoms in total. The fourth-order valence-corrected chi connectivity index (χ4v) is 2.79. The molecule has 0 spiro atoms. The van der Waals surface area contributed by atoms with Crippen molar-refractivity contribution in [1.29, 1.82) is 0 Å². The van der Waals surface area contributed by atoms with Gasteiger partial charge in [-0.15, -0.1) is 10.2 Å². The molecule has 0 unspecified atom stereocenters. The van der Waals surface area contributed by atoms with Gasteiger partial charge >= 0.3 is 0 Å². The van der Waals surface area contributed by atoms with Crippen molar-refractivity contribution in [3.8, 4) is 22.3 Å². The molecule has 0 aliphatic carbocycles. The van der Waals surface area contributed by atoms with Crippen molar-refractivity contribution in [3.05, 3.63) is 71.1 Å². The van der Waals surface area contributed by atoms with Crippen LogP contribution in [0.4, 0.5) is 0 Å². The third kappa shape index (κ3) is 2.56. The van der Waals surface area contributed by atoms with E-state index in [1.807, 2.05) is 54.7 Å². The molecule has 0 N–H and O–H groups in total. The molecule has 0 amide bonds. The first-order valence-electron chi connectivity index (χ1n) is 6.93. The summed E-state index contributed by atoms with van der Waals surface area (Å²) in [6.45, 7) is 0. The molecule has 6 heteroatoms. The van der Waals surface area contributed by atoms with Crippen LogP contribution in [0.3, 0.4) is 0 Å². The van der Waals surface area contributed by atoms with Gasteiger partial charge in [-0.2, -0.15) is 9.61 Å². The van der Waals surface area contributed by atoms with E-state index in [-0.39, 0.29) is 0 Å². The number of rotatable bonds is 2. The summed E-state index contributed by atoms with van der Waals surface area (Å²) in [5.74, 6) is 0. The van der Waals surface area contributed by atoms with Gasteiger partial charge in [-0.05, 0) is 35.4 Å². The molecular formula is C17H10Cl2N4. The van der Waals surface area contributed by atoms with E-state index in [1.54, 1.807) is 10.8 Å². The Morgan fingerprint density at radius 1 is 0.783 bits per heavy atom. The van der Waals surface area contributed by atoms with Crippen LogP contribution in [-0.2, 0) is 0 Å². The third-order valence-corrected chi connectivity index (χ3v) is 4.13. The molecule has 2 heterocycles. The molecule has 112 valence electrons. The molecule has 23 heavy (non-hydrogen) atoms. The number of hydrogen-bond donors (Lipinski definition) is 0. The van der Waals surface area contributed by atoms with Crippen molar-refractivity contribution in [2.24, 2.45) is 0 Å². The molecule has 0 bridgehead atoms. The summed E-state index contributed by atoms with van der Waals surface area (Å²) in [5.41, 5.74) is 4.62. The smallest absolute Gasteiger partial charge is 0.185 e. The molecule has 0 aliphatic heterocycles. The Morgan fingerprint density at radius 3 is 2.04 bits per heavy atom. The van der Waals surface area contributed by atoms with Gasteiger partial charge in [0, 0.05) is 21.2 Å². The quantitative estimate of drug-likeness (QED) is 0.528. The van der Waals surface area contributed by atoms with Crippen LogP contribution in [-0.4, -0.2) is 19.8 Å². The average molecular weight is 341 g/mol. The number of aromatic nitrogens is 4. The van der Waals surface area contributed by atoms with Gasteiger partial charge in [-0.25, -0.2) is 0 Å². The van der Waals surface area contributed by atoms with Gasteiger partial charge in [0.05, 0.1) is 6.20 Å². The van der Waals surface area contributed by atoms with Crippen molar-refractivity contribution in [2.45, 2.75) is 0 Å². The van der Waals surface area contributed by atoms with Crippen molar-refractivity contribution < 1.29 is 0 Å². The number of nitrogens with zero attached hydrogens (tertiary/aromatic N) is 4. The largest absolute Gasteiger partial charge is 0.200 e. The molecule has 0 fully saturated rings. The molecule has 0 atom stereocenters. The first-order chi connectivity index (χ1) is 11.2. The van der Waals surface area contributed by atoms with Crippen LogP contribution in [0.2, 0.25) is 10.0 Å². The molecule has 4 aromatic rings. The van der Waals surface area contributed by atoms with E-state index in [9.17, 15) is 0 Å². The van der Waals surface area contributed by atoms with Crippen molar-refractivity contribution in [1.82, 2.24) is 19.8 Å². The lowest BCUT2D eigenvalue weighted by molar-refractivity contribution is 0.929. The van der Waals surface area contributed by atoms with E-state index in [0.29, 0.717) is 15.7 Å². The number of benzene rings is 2. The predicted octanol–water partition coefficient (Wildman–Crippen LogP) is 4.77. The predicted molar refractivity (Wildman–Crippen MR) is 91.7 cm³/mol. The maximum Gasteiger partial charge on any atom is 0.185 e. The van der Waals surface area contributed by atoms with Crippen molar-refractivity contribution in [2.75, 3.05) is 0 Å². The zero-order chi connectivity index (χ0) is 15.8. The van der Waals surface area contributed by atoms with Crippen LogP contribution in [0, 0.1) is 0 Å². The SMILES string of the molecule is Clc1ccc(-c2cnn3cnnc3c2-c2ccc(Cl)cc2)cc1. The van der Waals surface area contributed by atoms with Crippen LogP contribution >= 0.6 is 23.2 Å². The molecule has 2 aromatic carbocycles. The fourth-order valence-electron chi connectivity index (χ4n) is 2.53. The highest BCUT2D eigenvalue weighted by Gasteiger charge is 2.14. The molecule has 4 rings (SSSR count). The second-order valence-electron chi connectivity index (χ2n) is 5.05. The van der Waals surface area contributed by atoms with Gasteiger partial charge in [0.2, 0.25) is 0 Å². The molecule has 0 radical (unpaired) electrons. The highest BCUT2D eigenvalue weighted by Crippen LogP contribution is 2.34. The molecule has 2 aromatic heterocycles. The summed E-state index contributed by atoms with van der Waals surface area (Å²) >= 11 is 12.0. The van der Waals surface area contributed by atoms with E-state index >= 15 is 0 Å². The Labute approximate surface area is 142 Å². The standard InChI is InChI=1S/C17H10Cl2N4/c18-13-5-1-11(2-6-13)15-9-21-23-10-20-22-17(23)16(15)12-3-7-14(19)8-4-12/h1-10H. The molecule has 0 aliphatic rings. The van der Waals surface area contributed by atoms with Gasteiger partial charge in [0.15, 0.2) is 5.65 Å². The maximum atomic E-state index is 6.01. The summed E-state index contributed by atoms with van der Waals surface area (Å²) in [5, 5.41) is 13.9. The Kier molecular flexibility index (Phi) is 3.48. The van der Waals surface area contributed by atoms with Gasteiger partial charge < -0.3 is 0 Å². The molecular weight excluding hydrogens is 331 g/mol. The summed E-state index contributed by atoms with van der Waals surface area (Å²) in [7, 11) is 0. The lowest BCUT2D eigenvalue weighted by atomic mass is 9.97. The van der Waals surface area contributed by atoms with Gasteiger partial charge in [0.1, 0.15) is 6.33 Å². The van der Waals surface area contributed by atoms with Gasteiger partial charge in [-0.3, -0.25) is 0 Å². The van der Waals surface area contributed by atoms with E-state index in [1.165, 1.54) is 0 Å². The highest BCUT2D eigenvalue weighted by atomic mass is 35.5. The van der Waals surface area contributed by atoms with E-state index in [4.69, 9.17) is 23.2 Å². The number of fused-ring (bicyclic) bond motifs is 1. The number of hydrogen-bond acceptors (Lipinski definition) is 3. The van der Waals surface area contributed by atoms with E-state index in [2.05, 4.69) is 15.3 Å². The first-order valence-corrected chi connectivity index (χ1v) is 7.69. The Balaban J connectivity index is 2.02. The second kappa shape index (κ2) is 5.65. The zero-order valence-electron chi connectivity index (χ0n) is 11.8. The Morgan fingerprint density at radius 2 is 1.39 bits per heavy atom. The zero-order valence-corrected chi connectivity index (χ0v) is 13.3. The van der Waals surface area contributed by atoms with Crippen LogP contribution in [0.1, 0.15) is 0 Å². The van der Waals surface area contributed by atoms with E-state index < -0.39 is 0 Å². The van der Waals surface area contributed by atoms with E-state index in [0.717, 1.165) is 22.3 Å². The topological polar surface area (TPSA) is 43.1 Å². The fraction of sp³-hybridized carbons (Fsp3) is 0. The normalized spacial score (nSPS) is 11.0. The first kappa shape index (κ1) is 14.2. The Bertz CT molecular complexity index is 976. The molecule has 0 saturated heterocycles. The van der Waals surface area contributed by atoms with Crippen LogP contribution in [0.15, 0.2) is 61.1 Å². The van der Waals surface area contributed by atoms with Gasteiger partial charge in [0.25, 0.3) is 0 Å². The minimum Gasteiger partial charge on any atom is -0.200 e. The average Bonchev–Trinajstić information content (AvgIpc) is 3.04. The lowest BCUT2D eigenvalue weighted by Crippen LogP contribution is -1.96. The summed E-state index contributed by atoms with van der Waals surface area (Å²) in [4.78, 5) is 0. The third-order valence-electron chi connectivity index (χ3n) is 3.62. The van der Waals surface area contributed by atoms with Crippen LogP contribution in [0.5, 0.6) is 0 Å². The Hall–Kier alpha value is -2.43. The minimum absolute atomic E-state index is 0.688. The lowest BCUT2D eigenvalue weighted by Gasteiger charge is -2.11. The second-order valence-corrected chi connectivity index (χ2v) is 5.92. The van der Waals surface area contributed by atoms with Crippen LogP contribution < -0.4 is 0 Å². The number of halogens is 2. The molecule has 0 saturated carbocycles. The van der Waals surface area contributed by atoms with Crippen molar-refractivity contribution >= 4 is 28.8 Å². The van der Waals surface area contributed by atoms with Crippen LogP contribution in [0.25, 0.3) is 27.9 Å². The summed E-state index contributed by atoms with van der Waals surface area (Å²) in [6.07, 6.45) is 3.39. The van der Waals surface area contributed by atoms with Crippen molar-refractivity contribution in [3.63, 3.8) is 0 Å². The summed E-state index contributed by atoms with van der Waals surface area (Å²) in [6, 6.07) is 15.3.